The molecule has 0 fully saturated rings. The van der Waals surface area contributed by atoms with Crippen LogP contribution in [0.3, 0.4) is 0 Å². The molecule has 2 rings (SSSR count). The van der Waals surface area contributed by atoms with Crippen LogP contribution >= 0.6 is 24.8 Å². The summed E-state index contributed by atoms with van der Waals surface area (Å²) in [4.78, 5) is 7.91. The lowest BCUT2D eigenvalue weighted by Crippen LogP contribution is -1.90. The highest BCUT2D eigenvalue weighted by atomic mass is 35.5. The monoisotopic (exact) mass is 278 g/mol. The molecule has 17 heavy (non-hydrogen) atoms. The summed E-state index contributed by atoms with van der Waals surface area (Å²) >= 11 is 0. The summed E-state index contributed by atoms with van der Waals surface area (Å²) < 4.78 is 25.6. The summed E-state index contributed by atoms with van der Waals surface area (Å²) in [5.41, 5.74) is 1.91. The topological polar surface area (TPSA) is 25.8 Å². The van der Waals surface area contributed by atoms with Crippen molar-refractivity contribution < 1.29 is 8.78 Å². The van der Waals surface area contributed by atoms with Crippen LogP contribution in [-0.4, -0.2) is 9.97 Å². The van der Waals surface area contributed by atoms with E-state index in [-0.39, 0.29) is 24.8 Å². The minimum atomic E-state index is -0.872. The van der Waals surface area contributed by atoms with E-state index in [0.717, 1.165) is 17.8 Å². The number of hydrogen-bond acceptors (Lipinski definition) is 2. The fourth-order valence-electron chi connectivity index (χ4n) is 1.27. The zero-order chi connectivity index (χ0) is 10.8. The van der Waals surface area contributed by atoms with Crippen molar-refractivity contribution in [2.45, 2.75) is 6.92 Å². The Kier molecular flexibility index (Phi) is 5.99. The molecule has 1 aromatic carbocycles. The van der Waals surface area contributed by atoms with Gasteiger partial charge in [-0.25, -0.2) is 18.7 Å². The van der Waals surface area contributed by atoms with Crippen LogP contribution in [0.2, 0.25) is 0 Å². The second kappa shape index (κ2) is 6.47. The first-order chi connectivity index (χ1) is 7.16. The van der Waals surface area contributed by atoms with Crippen molar-refractivity contribution in [3.8, 4) is 11.3 Å². The van der Waals surface area contributed by atoms with Gasteiger partial charge >= 0.3 is 0 Å². The van der Waals surface area contributed by atoms with Gasteiger partial charge in [-0.2, -0.15) is 0 Å². The Morgan fingerprint density at radius 2 is 1.65 bits per heavy atom. The third-order valence-corrected chi connectivity index (χ3v) is 2.02. The number of halogens is 4. The van der Waals surface area contributed by atoms with Crippen LogP contribution in [0.5, 0.6) is 0 Å². The zero-order valence-corrected chi connectivity index (χ0v) is 10.5. The minimum Gasteiger partial charge on any atom is -0.242 e. The van der Waals surface area contributed by atoms with E-state index < -0.39 is 11.6 Å². The Hall–Kier alpha value is -1.26. The van der Waals surface area contributed by atoms with E-state index in [4.69, 9.17) is 0 Å². The number of aromatic nitrogens is 2. The van der Waals surface area contributed by atoms with Crippen LogP contribution < -0.4 is 0 Å². The van der Waals surface area contributed by atoms with Crippen LogP contribution in [0, 0.1) is 18.6 Å². The van der Waals surface area contributed by atoms with Crippen LogP contribution in [0.1, 0.15) is 5.69 Å². The van der Waals surface area contributed by atoms with E-state index in [9.17, 15) is 8.78 Å². The molecule has 0 unspecified atom stereocenters. The lowest BCUT2D eigenvalue weighted by molar-refractivity contribution is 0.509. The highest BCUT2D eigenvalue weighted by molar-refractivity contribution is 5.85. The molecule has 0 amide bonds. The van der Waals surface area contributed by atoms with Gasteiger partial charge in [-0.3, -0.25) is 0 Å². The quantitative estimate of drug-likeness (QED) is 0.797. The third kappa shape index (κ3) is 3.61. The summed E-state index contributed by atoms with van der Waals surface area (Å²) in [6, 6.07) is 5.41. The second-order valence-corrected chi connectivity index (χ2v) is 3.17. The number of nitrogens with zero attached hydrogens (tertiary/aromatic N) is 2. The molecule has 0 bridgehead atoms. The van der Waals surface area contributed by atoms with E-state index in [2.05, 4.69) is 9.97 Å². The fraction of sp³-hybridized carbons (Fsp3) is 0.0909. The highest BCUT2D eigenvalue weighted by Gasteiger charge is 2.05. The first-order valence-corrected chi connectivity index (χ1v) is 4.41. The van der Waals surface area contributed by atoms with Gasteiger partial charge in [0.25, 0.3) is 0 Å². The molecular formula is C11H10Cl2F2N2. The third-order valence-electron chi connectivity index (χ3n) is 2.02. The van der Waals surface area contributed by atoms with Gasteiger partial charge in [0.1, 0.15) is 6.33 Å². The van der Waals surface area contributed by atoms with Crippen LogP contribution in [0.15, 0.2) is 30.6 Å². The van der Waals surface area contributed by atoms with Gasteiger partial charge in [0, 0.05) is 11.3 Å². The van der Waals surface area contributed by atoms with Gasteiger partial charge in [-0.05, 0) is 31.2 Å². The van der Waals surface area contributed by atoms with Crippen molar-refractivity contribution in [2.24, 2.45) is 0 Å². The molecule has 0 saturated heterocycles. The van der Waals surface area contributed by atoms with E-state index in [1.54, 1.807) is 6.07 Å². The Morgan fingerprint density at radius 3 is 2.24 bits per heavy atom. The molecule has 0 aliphatic heterocycles. The van der Waals surface area contributed by atoms with Crippen molar-refractivity contribution in [3.63, 3.8) is 0 Å². The summed E-state index contributed by atoms with van der Waals surface area (Å²) in [5, 5.41) is 0. The Labute approximate surface area is 110 Å². The average Bonchev–Trinajstić information content (AvgIpc) is 2.22. The minimum absolute atomic E-state index is 0. The maximum absolute atomic E-state index is 12.9. The fourth-order valence-corrected chi connectivity index (χ4v) is 1.27. The lowest BCUT2D eigenvalue weighted by atomic mass is 10.1. The molecule has 0 radical (unpaired) electrons. The molecule has 0 aliphatic rings. The SMILES string of the molecule is Cc1cc(-c2ccc(F)c(F)c2)ncn1.Cl.Cl. The number of aryl methyl sites for hydroxylation is 1. The van der Waals surface area contributed by atoms with Crippen LogP contribution in [0.4, 0.5) is 8.78 Å². The van der Waals surface area contributed by atoms with E-state index in [1.807, 2.05) is 6.92 Å². The lowest BCUT2D eigenvalue weighted by Gasteiger charge is -2.01. The van der Waals surface area contributed by atoms with Crippen molar-refractivity contribution in [1.29, 1.82) is 0 Å². The van der Waals surface area contributed by atoms with E-state index in [1.165, 1.54) is 12.4 Å². The summed E-state index contributed by atoms with van der Waals surface area (Å²) in [6.07, 6.45) is 1.39. The van der Waals surface area contributed by atoms with Crippen molar-refractivity contribution in [1.82, 2.24) is 9.97 Å². The molecule has 1 heterocycles. The first kappa shape index (κ1) is 15.7. The molecule has 6 heteroatoms. The zero-order valence-electron chi connectivity index (χ0n) is 8.85. The number of rotatable bonds is 1. The smallest absolute Gasteiger partial charge is 0.159 e. The van der Waals surface area contributed by atoms with Gasteiger partial charge in [0.15, 0.2) is 11.6 Å². The summed E-state index contributed by atoms with van der Waals surface area (Å²) in [5.74, 6) is -1.73. The van der Waals surface area contributed by atoms with E-state index >= 15 is 0 Å². The van der Waals surface area contributed by atoms with Gasteiger partial charge in [0.2, 0.25) is 0 Å². The second-order valence-electron chi connectivity index (χ2n) is 3.17. The molecule has 92 valence electrons. The van der Waals surface area contributed by atoms with Crippen molar-refractivity contribution in [3.05, 3.63) is 47.9 Å². The summed E-state index contributed by atoms with van der Waals surface area (Å²) in [7, 11) is 0. The largest absolute Gasteiger partial charge is 0.242 e. The molecule has 1 aromatic heterocycles. The van der Waals surface area contributed by atoms with Gasteiger partial charge in [-0.1, -0.05) is 0 Å². The molecule has 0 atom stereocenters. The predicted molar refractivity (Wildman–Crippen MR) is 66.6 cm³/mol. The standard InChI is InChI=1S/C11H8F2N2.2ClH/c1-7-4-11(15-6-14-7)8-2-3-9(12)10(13)5-8;;/h2-6H,1H3;2*1H. The molecule has 2 aromatic rings. The van der Waals surface area contributed by atoms with Gasteiger partial charge in [-0.15, -0.1) is 24.8 Å². The maximum atomic E-state index is 12.9. The summed E-state index contributed by atoms with van der Waals surface area (Å²) in [6.45, 7) is 1.81. The molecule has 2 nitrogen and oxygen atoms in total. The Bertz CT molecular complexity index is 507. The van der Waals surface area contributed by atoms with Crippen LogP contribution in [0.25, 0.3) is 11.3 Å². The van der Waals surface area contributed by atoms with Gasteiger partial charge in [0.05, 0.1) is 5.69 Å². The average molecular weight is 279 g/mol. The van der Waals surface area contributed by atoms with Crippen LogP contribution in [-0.2, 0) is 0 Å². The van der Waals surface area contributed by atoms with Crippen molar-refractivity contribution in [2.75, 3.05) is 0 Å². The highest BCUT2D eigenvalue weighted by Crippen LogP contribution is 2.19. The molecule has 0 saturated carbocycles. The Balaban J connectivity index is 0.00000128. The Morgan fingerprint density at radius 1 is 0.941 bits per heavy atom. The molecule has 0 N–H and O–H groups in total. The number of benzene rings is 1. The molecule has 0 aliphatic carbocycles. The maximum Gasteiger partial charge on any atom is 0.159 e. The van der Waals surface area contributed by atoms with E-state index in [0.29, 0.717) is 11.3 Å². The van der Waals surface area contributed by atoms with Gasteiger partial charge < -0.3 is 0 Å². The normalized spacial score (nSPS) is 9.12. The molecule has 0 spiro atoms. The molecular weight excluding hydrogens is 269 g/mol. The number of hydrogen-bond donors (Lipinski definition) is 0. The first-order valence-electron chi connectivity index (χ1n) is 4.41. The van der Waals surface area contributed by atoms with Crippen molar-refractivity contribution >= 4 is 24.8 Å². The predicted octanol–water partition coefficient (Wildman–Crippen LogP) is 3.57.